The molecule has 9 heteroatoms. The molecule has 4 aliphatic rings. The second-order valence-electron chi connectivity index (χ2n) is 12.6. The van der Waals surface area contributed by atoms with Gasteiger partial charge in [0, 0.05) is 35.4 Å². The van der Waals surface area contributed by atoms with Crippen LogP contribution >= 0.6 is 0 Å². The monoisotopic (exact) mass is 541 g/mol. The SMILES string of the molecule is CC(=O)Oc1ccc2c3c1O[C@H]1[C@@H](OCc4ccc(-c5nnn(C(C)(C)C)n5)cc4)C=C[C@H]4[C@@H](C2)N(C)CC[C@@]341. The van der Waals surface area contributed by atoms with Crippen molar-refractivity contribution in [3.05, 3.63) is 65.2 Å². The standard InChI is InChI=1S/C31H35N5O4/c1-18(37)39-24-12-10-21-16-23-22-11-13-25(28-31(22,14-15-35(23)5)26(21)27(24)40-28)38-17-19-6-8-20(9-7-19)29-32-34-36(33-29)30(2,3)4/h6-13,22-23,25,28H,14-17H2,1-5H3/t22-,23+,25-,28-,31-/m0/s1. The number of carbonyl (C=O) groups excluding carboxylic acids is 1. The number of aromatic nitrogens is 4. The average molecular weight is 542 g/mol. The van der Waals surface area contributed by atoms with Crippen molar-refractivity contribution in [2.45, 2.75) is 76.3 Å². The lowest BCUT2D eigenvalue weighted by molar-refractivity contribution is -0.132. The molecule has 1 aromatic heterocycles. The van der Waals surface area contributed by atoms with Gasteiger partial charge in [-0.15, -0.1) is 10.2 Å². The minimum atomic E-state index is -0.341. The number of likely N-dealkylation sites (tertiary alicyclic amines) is 1. The van der Waals surface area contributed by atoms with Gasteiger partial charge in [-0.2, -0.15) is 4.80 Å². The lowest BCUT2D eigenvalue weighted by Crippen LogP contribution is -2.65. The number of rotatable bonds is 5. The van der Waals surface area contributed by atoms with Crippen molar-refractivity contribution >= 4 is 5.97 Å². The third-order valence-corrected chi connectivity index (χ3v) is 9.04. The number of benzene rings is 2. The van der Waals surface area contributed by atoms with Crippen LogP contribution in [-0.2, 0) is 33.5 Å². The third kappa shape index (κ3) is 3.82. The summed E-state index contributed by atoms with van der Waals surface area (Å²) < 4.78 is 18.9. The van der Waals surface area contributed by atoms with Gasteiger partial charge < -0.3 is 19.1 Å². The highest BCUT2D eigenvalue weighted by Crippen LogP contribution is 2.62. The number of likely N-dealkylation sites (N-methyl/N-ethyl adjacent to an activating group) is 1. The molecule has 1 saturated heterocycles. The second kappa shape index (κ2) is 8.97. The summed E-state index contributed by atoms with van der Waals surface area (Å²) in [6.07, 6.45) is 6.07. The van der Waals surface area contributed by atoms with Gasteiger partial charge in [-0.1, -0.05) is 42.5 Å². The lowest BCUT2D eigenvalue weighted by Gasteiger charge is -2.56. The van der Waals surface area contributed by atoms with Crippen LogP contribution in [0.2, 0.25) is 0 Å². The van der Waals surface area contributed by atoms with E-state index < -0.39 is 0 Å². The number of hydrogen-bond donors (Lipinski definition) is 0. The smallest absolute Gasteiger partial charge is 0.308 e. The second-order valence-corrected chi connectivity index (χ2v) is 12.6. The zero-order chi connectivity index (χ0) is 27.8. The van der Waals surface area contributed by atoms with Crippen LogP contribution in [0.5, 0.6) is 11.5 Å². The molecule has 2 aliphatic heterocycles. The van der Waals surface area contributed by atoms with Crippen LogP contribution in [0.4, 0.5) is 0 Å². The molecule has 7 rings (SSSR count). The lowest BCUT2D eigenvalue weighted by atomic mass is 9.53. The summed E-state index contributed by atoms with van der Waals surface area (Å²) in [5.74, 6) is 1.83. The molecular formula is C31H35N5O4. The van der Waals surface area contributed by atoms with E-state index in [2.05, 4.69) is 45.6 Å². The fourth-order valence-corrected chi connectivity index (χ4v) is 7.14. The van der Waals surface area contributed by atoms with Crippen LogP contribution in [-0.4, -0.2) is 62.9 Å². The molecule has 0 unspecified atom stereocenters. The number of carbonyl (C=O) groups is 1. The van der Waals surface area contributed by atoms with Gasteiger partial charge in [0.15, 0.2) is 11.5 Å². The van der Waals surface area contributed by atoms with Crippen LogP contribution < -0.4 is 9.47 Å². The summed E-state index contributed by atoms with van der Waals surface area (Å²) in [5, 5.41) is 13.0. The predicted octanol–water partition coefficient (Wildman–Crippen LogP) is 4.05. The Morgan fingerprint density at radius 1 is 1.15 bits per heavy atom. The largest absolute Gasteiger partial charge is 0.482 e. The summed E-state index contributed by atoms with van der Waals surface area (Å²) in [6, 6.07) is 12.5. The van der Waals surface area contributed by atoms with E-state index in [9.17, 15) is 4.79 Å². The molecule has 1 spiro atoms. The Labute approximate surface area is 234 Å². The minimum Gasteiger partial charge on any atom is -0.482 e. The van der Waals surface area contributed by atoms with Gasteiger partial charge in [0.05, 0.1) is 12.1 Å². The average Bonchev–Trinajstić information content (AvgIpc) is 3.55. The molecule has 1 fully saturated rings. The first-order valence-corrected chi connectivity index (χ1v) is 14.1. The van der Waals surface area contributed by atoms with E-state index >= 15 is 0 Å². The molecule has 5 atom stereocenters. The Hall–Kier alpha value is -3.56. The van der Waals surface area contributed by atoms with Crippen LogP contribution in [0.1, 0.15) is 50.8 Å². The maximum Gasteiger partial charge on any atom is 0.308 e. The summed E-state index contributed by atoms with van der Waals surface area (Å²) in [4.78, 5) is 16.0. The molecule has 9 nitrogen and oxygen atoms in total. The van der Waals surface area contributed by atoms with Gasteiger partial charge in [-0.25, -0.2) is 0 Å². The van der Waals surface area contributed by atoms with Gasteiger partial charge in [0.1, 0.15) is 12.2 Å². The van der Waals surface area contributed by atoms with Crippen molar-refractivity contribution < 1.29 is 19.0 Å². The number of piperidine rings is 1. The molecule has 2 aliphatic carbocycles. The van der Waals surface area contributed by atoms with Crippen molar-refractivity contribution in [1.29, 1.82) is 0 Å². The van der Waals surface area contributed by atoms with Crippen LogP contribution in [0.15, 0.2) is 48.6 Å². The number of tetrazole rings is 1. The summed E-state index contributed by atoms with van der Waals surface area (Å²) in [5.41, 5.74) is 4.08. The van der Waals surface area contributed by atoms with Crippen molar-refractivity contribution in [3.63, 3.8) is 0 Å². The van der Waals surface area contributed by atoms with Crippen molar-refractivity contribution in [3.8, 4) is 22.9 Å². The van der Waals surface area contributed by atoms with E-state index in [1.54, 1.807) is 4.80 Å². The molecule has 2 bridgehead atoms. The highest BCUT2D eigenvalue weighted by Gasteiger charge is 2.64. The molecule has 40 heavy (non-hydrogen) atoms. The van der Waals surface area contributed by atoms with Crippen molar-refractivity contribution in [1.82, 2.24) is 25.1 Å². The first-order chi connectivity index (χ1) is 19.1. The summed E-state index contributed by atoms with van der Waals surface area (Å²) >= 11 is 0. The van der Waals surface area contributed by atoms with Crippen LogP contribution in [0.3, 0.4) is 0 Å². The zero-order valence-electron chi connectivity index (χ0n) is 23.6. The summed E-state index contributed by atoms with van der Waals surface area (Å²) in [6.45, 7) is 9.01. The maximum absolute atomic E-state index is 11.9. The van der Waals surface area contributed by atoms with Crippen molar-refractivity contribution in [2.75, 3.05) is 13.6 Å². The maximum atomic E-state index is 11.9. The minimum absolute atomic E-state index is 0.180. The number of hydrogen-bond acceptors (Lipinski definition) is 8. The highest BCUT2D eigenvalue weighted by molar-refractivity contribution is 5.72. The molecule has 0 amide bonds. The van der Waals surface area contributed by atoms with Crippen LogP contribution in [0, 0.1) is 5.92 Å². The Kier molecular flexibility index (Phi) is 5.70. The summed E-state index contributed by atoms with van der Waals surface area (Å²) in [7, 11) is 2.22. The van der Waals surface area contributed by atoms with Gasteiger partial charge in [0.25, 0.3) is 0 Å². The van der Waals surface area contributed by atoms with E-state index in [1.165, 1.54) is 18.1 Å². The first kappa shape index (κ1) is 25.4. The van der Waals surface area contributed by atoms with Gasteiger partial charge in [0.2, 0.25) is 5.82 Å². The van der Waals surface area contributed by atoms with Gasteiger partial charge in [-0.3, -0.25) is 4.79 Å². The Bertz CT molecular complexity index is 1510. The molecule has 3 aromatic rings. The molecule has 208 valence electrons. The fraction of sp³-hybridized carbons (Fsp3) is 0.484. The molecule has 0 saturated carbocycles. The Morgan fingerprint density at radius 3 is 2.67 bits per heavy atom. The first-order valence-electron chi connectivity index (χ1n) is 14.1. The van der Waals surface area contributed by atoms with Gasteiger partial charge >= 0.3 is 5.97 Å². The molecular weight excluding hydrogens is 506 g/mol. The molecule has 3 heterocycles. The molecule has 2 aromatic carbocycles. The molecule has 0 radical (unpaired) electrons. The van der Waals surface area contributed by atoms with E-state index in [0.717, 1.165) is 36.3 Å². The quantitative estimate of drug-likeness (QED) is 0.272. The van der Waals surface area contributed by atoms with Crippen molar-refractivity contribution in [2.24, 2.45) is 5.92 Å². The van der Waals surface area contributed by atoms with Gasteiger partial charge in [-0.05, 0) is 69.6 Å². The number of ether oxygens (including phenoxy) is 3. The fourth-order valence-electron chi connectivity index (χ4n) is 7.14. The van der Waals surface area contributed by atoms with E-state index in [4.69, 9.17) is 14.2 Å². The normalized spacial score (nSPS) is 28.2. The highest BCUT2D eigenvalue weighted by atomic mass is 16.6. The number of esters is 1. The number of nitrogens with zero attached hydrogens (tertiary/aromatic N) is 5. The zero-order valence-corrected chi connectivity index (χ0v) is 23.6. The predicted molar refractivity (Wildman–Crippen MR) is 148 cm³/mol. The Balaban J connectivity index is 1.15. The topological polar surface area (TPSA) is 91.6 Å². The van der Waals surface area contributed by atoms with E-state index in [-0.39, 0.29) is 29.1 Å². The van der Waals surface area contributed by atoms with E-state index in [0.29, 0.717) is 30.1 Å². The Morgan fingerprint density at radius 2 is 1.95 bits per heavy atom. The molecule has 0 N–H and O–H groups in total. The third-order valence-electron chi connectivity index (χ3n) is 9.04. The van der Waals surface area contributed by atoms with E-state index in [1.807, 2.05) is 51.1 Å². The van der Waals surface area contributed by atoms with Crippen LogP contribution in [0.25, 0.3) is 11.4 Å².